The Kier molecular flexibility index (Phi) is 5.14. The van der Waals surface area contributed by atoms with Crippen molar-refractivity contribution >= 4 is 11.8 Å². The molecule has 0 saturated carbocycles. The third kappa shape index (κ3) is 3.02. The van der Waals surface area contributed by atoms with Crippen LogP contribution in [0, 0.1) is 5.92 Å². The molecule has 1 heterocycles. The first kappa shape index (κ1) is 15.0. The first-order valence-corrected chi connectivity index (χ1v) is 6.56. The predicted octanol–water partition coefficient (Wildman–Crippen LogP) is 0.783. The molecule has 1 saturated heterocycles. The minimum Gasteiger partial charge on any atom is -0.380 e. The summed E-state index contributed by atoms with van der Waals surface area (Å²) in [5, 5.41) is 2.80. The van der Waals surface area contributed by atoms with E-state index in [9.17, 15) is 9.59 Å². The van der Waals surface area contributed by atoms with E-state index in [0.717, 1.165) is 0 Å². The van der Waals surface area contributed by atoms with Crippen LogP contribution in [0.3, 0.4) is 0 Å². The Morgan fingerprint density at radius 3 is 2.39 bits per heavy atom. The molecule has 0 aromatic carbocycles. The van der Waals surface area contributed by atoms with Crippen molar-refractivity contribution in [2.24, 2.45) is 5.92 Å². The highest BCUT2D eigenvalue weighted by atomic mass is 16.5. The lowest BCUT2D eigenvalue weighted by Gasteiger charge is -2.41. The summed E-state index contributed by atoms with van der Waals surface area (Å²) in [6.07, 6.45) is 0.548. The number of hydrogen-bond donors (Lipinski definition) is 1. The van der Waals surface area contributed by atoms with Crippen LogP contribution in [0.4, 0.5) is 0 Å². The fraction of sp³-hybridized carbons (Fsp3) is 0.846. The molecule has 3 atom stereocenters. The first-order valence-electron chi connectivity index (χ1n) is 6.56. The average Bonchev–Trinajstić information content (AvgIpc) is 2.32. The molecule has 104 valence electrons. The lowest BCUT2D eigenvalue weighted by molar-refractivity contribution is -0.153. The molecule has 0 aliphatic carbocycles. The number of hydrogen-bond acceptors (Lipinski definition) is 3. The van der Waals surface area contributed by atoms with Crippen molar-refractivity contribution < 1.29 is 14.3 Å². The van der Waals surface area contributed by atoms with Crippen LogP contribution in [0.25, 0.3) is 0 Å². The molecule has 2 amide bonds. The normalized spacial score (nSPS) is 26.4. The van der Waals surface area contributed by atoms with Gasteiger partial charge in [-0.1, -0.05) is 20.8 Å². The van der Waals surface area contributed by atoms with Gasteiger partial charge in [0.15, 0.2) is 0 Å². The SMILES string of the molecule is CCC1NC(=O)C(C(C)C)N(CC(C)OC)C1=O. The first-order chi connectivity index (χ1) is 8.42. The summed E-state index contributed by atoms with van der Waals surface area (Å²) >= 11 is 0. The van der Waals surface area contributed by atoms with Gasteiger partial charge in [0.1, 0.15) is 12.1 Å². The Bertz CT molecular complexity index is 317. The summed E-state index contributed by atoms with van der Waals surface area (Å²) in [6, 6.07) is -0.783. The fourth-order valence-electron chi connectivity index (χ4n) is 2.29. The van der Waals surface area contributed by atoms with Crippen molar-refractivity contribution in [2.75, 3.05) is 13.7 Å². The molecule has 1 aliphatic heterocycles. The minimum absolute atomic E-state index is 0.000278. The Morgan fingerprint density at radius 2 is 1.94 bits per heavy atom. The van der Waals surface area contributed by atoms with Crippen molar-refractivity contribution in [3.05, 3.63) is 0 Å². The minimum atomic E-state index is -0.392. The van der Waals surface area contributed by atoms with Crippen LogP contribution >= 0.6 is 0 Å². The van der Waals surface area contributed by atoms with E-state index in [1.165, 1.54) is 0 Å². The van der Waals surface area contributed by atoms with E-state index < -0.39 is 12.1 Å². The number of nitrogens with zero attached hydrogens (tertiary/aromatic N) is 1. The van der Waals surface area contributed by atoms with Gasteiger partial charge < -0.3 is 15.0 Å². The molecule has 3 unspecified atom stereocenters. The van der Waals surface area contributed by atoms with E-state index >= 15 is 0 Å². The summed E-state index contributed by atoms with van der Waals surface area (Å²) < 4.78 is 5.21. The summed E-state index contributed by atoms with van der Waals surface area (Å²) in [4.78, 5) is 26.1. The van der Waals surface area contributed by atoms with Crippen LogP contribution in [0.1, 0.15) is 34.1 Å². The third-order valence-corrected chi connectivity index (χ3v) is 3.40. The van der Waals surface area contributed by atoms with Crippen LogP contribution in [-0.4, -0.2) is 48.6 Å². The van der Waals surface area contributed by atoms with E-state index in [1.807, 2.05) is 27.7 Å². The monoisotopic (exact) mass is 256 g/mol. The smallest absolute Gasteiger partial charge is 0.245 e. The molecule has 18 heavy (non-hydrogen) atoms. The van der Waals surface area contributed by atoms with Gasteiger partial charge in [-0.25, -0.2) is 0 Å². The van der Waals surface area contributed by atoms with E-state index in [2.05, 4.69) is 5.32 Å². The quantitative estimate of drug-likeness (QED) is 0.791. The second-order valence-electron chi connectivity index (χ2n) is 5.20. The number of ether oxygens (including phenoxy) is 1. The van der Waals surface area contributed by atoms with Gasteiger partial charge in [0.25, 0.3) is 0 Å². The summed E-state index contributed by atoms with van der Waals surface area (Å²) in [6.45, 7) is 8.17. The predicted molar refractivity (Wildman–Crippen MR) is 69.0 cm³/mol. The van der Waals surface area contributed by atoms with Gasteiger partial charge in [-0.3, -0.25) is 9.59 Å². The molecule has 5 nitrogen and oxygen atoms in total. The zero-order valence-corrected chi connectivity index (χ0v) is 11.9. The second kappa shape index (κ2) is 6.18. The number of amides is 2. The van der Waals surface area contributed by atoms with Crippen LogP contribution in [-0.2, 0) is 14.3 Å². The van der Waals surface area contributed by atoms with Gasteiger partial charge >= 0.3 is 0 Å². The molecule has 0 aromatic rings. The van der Waals surface area contributed by atoms with E-state index in [-0.39, 0.29) is 23.8 Å². The van der Waals surface area contributed by atoms with E-state index in [0.29, 0.717) is 13.0 Å². The van der Waals surface area contributed by atoms with Crippen LogP contribution in [0.5, 0.6) is 0 Å². The summed E-state index contributed by atoms with van der Waals surface area (Å²) in [5.74, 6) is 0.0373. The van der Waals surface area contributed by atoms with Crippen molar-refractivity contribution in [1.82, 2.24) is 10.2 Å². The van der Waals surface area contributed by atoms with Crippen LogP contribution in [0.15, 0.2) is 0 Å². The lowest BCUT2D eigenvalue weighted by Crippen LogP contribution is -2.65. The topological polar surface area (TPSA) is 58.6 Å². The molecule has 1 N–H and O–H groups in total. The Morgan fingerprint density at radius 1 is 1.33 bits per heavy atom. The standard InChI is InChI=1S/C13H24N2O3/c1-6-10-13(17)15(7-9(4)18-5)11(8(2)3)12(16)14-10/h8-11H,6-7H2,1-5H3,(H,14,16). The van der Waals surface area contributed by atoms with E-state index in [4.69, 9.17) is 4.74 Å². The molecule has 0 bridgehead atoms. The van der Waals surface area contributed by atoms with Gasteiger partial charge in [0.2, 0.25) is 11.8 Å². The highest BCUT2D eigenvalue weighted by molar-refractivity contribution is 5.97. The highest BCUT2D eigenvalue weighted by Crippen LogP contribution is 2.19. The van der Waals surface area contributed by atoms with E-state index in [1.54, 1.807) is 12.0 Å². The van der Waals surface area contributed by atoms with Gasteiger partial charge in [-0.2, -0.15) is 0 Å². The third-order valence-electron chi connectivity index (χ3n) is 3.40. The molecule has 5 heteroatoms. The lowest BCUT2D eigenvalue weighted by atomic mass is 9.96. The molecule has 1 fully saturated rings. The Labute approximate surface area is 109 Å². The summed E-state index contributed by atoms with van der Waals surface area (Å²) in [5.41, 5.74) is 0. The number of methoxy groups -OCH3 is 1. The maximum atomic E-state index is 12.3. The number of carbonyl (C=O) groups is 2. The maximum absolute atomic E-state index is 12.3. The molecular formula is C13H24N2O3. The average molecular weight is 256 g/mol. The van der Waals surface area contributed by atoms with Crippen molar-refractivity contribution in [3.63, 3.8) is 0 Å². The number of carbonyl (C=O) groups excluding carboxylic acids is 2. The Hall–Kier alpha value is -1.10. The largest absolute Gasteiger partial charge is 0.380 e. The van der Waals surface area contributed by atoms with Crippen molar-refractivity contribution in [1.29, 1.82) is 0 Å². The molecule has 0 radical (unpaired) electrons. The Balaban J connectivity index is 2.94. The number of nitrogens with one attached hydrogen (secondary N) is 1. The molecule has 1 aliphatic rings. The van der Waals surface area contributed by atoms with Gasteiger partial charge in [-0.05, 0) is 19.3 Å². The van der Waals surface area contributed by atoms with Crippen molar-refractivity contribution in [2.45, 2.75) is 52.3 Å². The van der Waals surface area contributed by atoms with Gasteiger partial charge in [0.05, 0.1) is 6.10 Å². The fourth-order valence-corrected chi connectivity index (χ4v) is 2.29. The summed E-state index contributed by atoms with van der Waals surface area (Å²) in [7, 11) is 1.61. The molecule has 1 rings (SSSR count). The zero-order valence-electron chi connectivity index (χ0n) is 11.9. The number of piperazine rings is 1. The molecule has 0 aromatic heterocycles. The second-order valence-corrected chi connectivity index (χ2v) is 5.20. The van der Waals surface area contributed by atoms with Crippen LogP contribution < -0.4 is 5.32 Å². The highest BCUT2D eigenvalue weighted by Gasteiger charge is 2.41. The number of rotatable bonds is 5. The van der Waals surface area contributed by atoms with Gasteiger partial charge in [-0.15, -0.1) is 0 Å². The van der Waals surface area contributed by atoms with Crippen molar-refractivity contribution in [3.8, 4) is 0 Å². The zero-order chi connectivity index (χ0) is 13.9. The van der Waals surface area contributed by atoms with Gasteiger partial charge in [0, 0.05) is 13.7 Å². The van der Waals surface area contributed by atoms with Crippen LogP contribution in [0.2, 0.25) is 0 Å². The molecular weight excluding hydrogens is 232 g/mol. The maximum Gasteiger partial charge on any atom is 0.245 e. The molecule has 0 spiro atoms.